The highest BCUT2D eigenvalue weighted by Crippen LogP contribution is 2.25. The molecule has 25 heavy (non-hydrogen) atoms. The van der Waals surface area contributed by atoms with E-state index < -0.39 is 0 Å². The largest absolute Gasteiger partial charge is 0.396 e. The Kier molecular flexibility index (Phi) is 5.67. The molecule has 1 fully saturated rings. The van der Waals surface area contributed by atoms with Gasteiger partial charge in [0.15, 0.2) is 0 Å². The van der Waals surface area contributed by atoms with Gasteiger partial charge in [-0.2, -0.15) is 0 Å². The number of aliphatic hydroxyl groups is 1. The summed E-state index contributed by atoms with van der Waals surface area (Å²) in [5.41, 5.74) is 0.478. The van der Waals surface area contributed by atoms with Gasteiger partial charge in [-0.3, -0.25) is 14.6 Å². The molecule has 3 heterocycles. The molecule has 0 aliphatic carbocycles. The second-order valence-corrected chi connectivity index (χ2v) is 7.62. The lowest BCUT2D eigenvalue weighted by atomic mass is 9.92. The number of pyridine rings is 1. The second-order valence-electron chi connectivity index (χ2n) is 5.91. The number of aromatic nitrogens is 1. The molecule has 3 rings (SSSR count). The van der Waals surface area contributed by atoms with Gasteiger partial charge < -0.3 is 15.3 Å². The monoisotopic (exact) mass is 379 g/mol. The molecule has 2 amide bonds. The van der Waals surface area contributed by atoms with E-state index in [1.807, 2.05) is 0 Å². The predicted molar refractivity (Wildman–Crippen MR) is 95.9 cm³/mol. The number of rotatable bonds is 4. The number of carbonyl (C=O) groups is 2. The van der Waals surface area contributed by atoms with E-state index in [0.717, 1.165) is 0 Å². The lowest BCUT2D eigenvalue weighted by Crippen LogP contribution is -2.53. The molecule has 1 aliphatic rings. The van der Waals surface area contributed by atoms with E-state index in [2.05, 4.69) is 10.3 Å². The van der Waals surface area contributed by atoms with E-state index in [4.69, 9.17) is 11.6 Å². The van der Waals surface area contributed by atoms with Gasteiger partial charge in [0.1, 0.15) is 0 Å². The van der Waals surface area contributed by atoms with Crippen LogP contribution in [0.25, 0.3) is 0 Å². The number of thiophene rings is 1. The molecule has 2 atom stereocenters. The Bertz CT molecular complexity index is 753. The number of piperidine rings is 1. The van der Waals surface area contributed by atoms with Crippen LogP contribution in [0.4, 0.5) is 0 Å². The minimum atomic E-state index is -0.221. The molecule has 0 unspecified atom stereocenters. The molecule has 0 aromatic carbocycles. The van der Waals surface area contributed by atoms with Crippen LogP contribution < -0.4 is 5.32 Å². The third-order valence-electron chi connectivity index (χ3n) is 4.28. The van der Waals surface area contributed by atoms with Crippen LogP contribution in [0.15, 0.2) is 36.7 Å². The summed E-state index contributed by atoms with van der Waals surface area (Å²) in [4.78, 5) is 31.0. The van der Waals surface area contributed by atoms with Gasteiger partial charge in [-0.15, -0.1) is 11.3 Å². The second kappa shape index (κ2) is 7.95. The van der Waals surface area contributed by atoms with Gasteiger partial charge in [0, 0.05) is 44.0 Å². The molecule has 0 bridgehead atoms. The first-order valence-electron chi connectivity index (χ1n) is 7.95. The molecule has 8 heteroatoms. The van der Waals surface area contributed by atoms with Crippen molar-refractivity contribution in [1.82, 2.24) is 15.2 Å². The predicted octanol–water partition coefficient (Wildman–Crippen LogP) is 2.05. The number of hydrogen-bond donors (Lipinski definition) is 2. The summed E-state index contributed by atoms with van der Waals surface area (Å²) >= 11 is 7.14. The normalized spacial score (nSPS) is 20.3. The summed E-state index contributed by atoms with van der Waals surface area (Å²) in [6, 6.07) is 6.61. The Labute approximate surface area is 154 Å². The molecule has 1 saturated heterocycles. The zero-order valence-electron chi connectivity index (χ0n) is 13.4. The summed E-state index contributed by atoms with van der Waals surface area (Å²) in [6.45, 7) is 0.804. The average Bonchev–Trinajstić information content (AvgIpc) is 3.08. The zero-order chi connectivity index (χ0) is 17.8. The Hall–Kier alpha value is -1.96. The molecule has 2 aromatic heterocycles. The fraction of sp³-hybridized carbons (Fsp3) is 0.353. The molecule has 132 valence electrons. The van der Waals surface area contributed by atoms with Crippen LogP contribution >= 0.6 is 22.9 Å². The first-order chi connectivity index (χ1) is 12.1. The summed E-state index contributed by atoms with van der Waals surface area (Å²) in [5.74, 6) is -0.525. The van der Waals surface area contributed by atoms with Crippen LogP contribution in [0.3, 0.4) is 0 Å². The van der Waals surface area contributed by atoms with E-state index in [-0.39, 0.29) is 30.4 Å². The number of likely N-dealkylation sites (tertiary alicyclic amines) is 1. The van der Waals surface area contributed by atoms with E-state index in [1.54, 1.807) is 35.4 Å². The summed E-state index contributed by atoms with van der Waals surface area (Å²) < 4.78 is 0.570. The van der Waals surface area contributed by atoms with Gasteiger partial charge in [0.25, 0.3) is 11.8 Å². The third kappa shape index (κ3) is 4.18. The van der Waals surface area contributed by atoms with Gasteiger partial charge in [-0.25, -0.2) is 0 Å². The highest BCUT2D eigenvalue weighted by atomic mass is 35.5. The van der Waals surface area contributed by atoms with E-state index in [0.29, 0.717) is 34.3 Å². The van der Waals surface area contributed by atoms with Crippen LogP contribution in [-0.4, -0.2) is 52.5 Å². The molecular weight excluding hydrogens is 362 g/mol. The zero-order valence-corrected chi connectivity index (χ0v) is 15.0. The lowest BCUT2D eigenvalue weighted by molar-refractivity contribution is 0.0538. The molecule has 2 aromatic rings. The fourth-order valence-corrected chi connectivity index (χ4v) is 3.94. The van der Waals surface area contributed by atoms with Crippen molar-refractivity contribution in [2.75, 3.05) is 19.7 Å². The Morgan fingerprint density at radius 1 is 1.40 bits per heavy atom. The Balaban J connectivity index is 1.63. The first kappa shape index (κ1) is 17.8. The van der Waals surface area contributed by atoms with Crippen molar-refractivity contribution in [3.8, 4) is 0 Å². The highest BCUT2D eigenvalue weighted by molar-refractivity contribution is 7.17. The lowest BCUT2D eigenvalue weighted by Gasteiger charge is -2.38. The van der Waals surface area contributed by atoms with E-state index >= 15 is 0 Å². The van der Waals surface area contributed by atoms with E-state index in [9.17, 15) is 14.7 Å². The molecule has 6 nitrogen and oxygen atoms in total. The number of nitrogens with one attached hydrogen (secondary N) is 1. The SMILES string of the molecule is O=C(N[C@@H]1CCN(C(=O)c2ccc(Cl)s2)C[C@@H]1CO)c1cccnc1. The van der Waals surface area contributed by atoms with Crippen molar-refractivity contribution in [2.45, 2.75) is 12.5 Å². The summed E-state index contributed by atoms with van der Waals surface area (Å²) in [5, 5.41) is 12.6. The van der Waals surface area contributed by atoms with Crippen molar-refractivity contribution < 1.29 is 14.7 Å². The number of carbonyl (C=O) groups excluding carboxylic acids is 2. The number of amides is 2. The van der Waals surface area contributed by atoms with Gasteiger partial charge in [0.05, 0.1) is 14.8 Å². The van der Waals surface area contributed by atoms with Gasteiger partial charge in [0.2, 0.25) is 0 Å². The number of halogens is 1. The molecule has 0 spiro atoms. The molecule has 0 radical (unpaired) electrons. The van der Waals surface area contributed by atoms with Crippen molar-refractivity contribution in [1.29, 1.82) is 0 Å². The molecule has 0 saturated carbocycles. The molecular formula is C17H18ClN3O3S. The summed E-state index contributed by atoms with van der Waals surface area (Å²) in [7, 11) is 0. The Morgan fingerprint density at radius 3 is 2.88 bits per heavy atom. The van der Waals surface area contributed by atoms with Crippen LogP contribution in [0.1, 0.15) is 26.5 Å². The minimum Gasteiger partial charge on any atom is -0.396 e. The average molecular weight is 380 g/mol. The van der Waals surface area contributed by atoms with Crippen LogP contribution in [0.5, 0.6) is 0 Å². The van der Waals surface area contributed by atoms with Crippen molar-refractivity contribution in [3.63, 3.8) is 0 Å². The molecule has 2 N–H and O–H groups in total. The smallest absolute Gasteiger partial charge is 0.263 e. The van der Waals surface area contributed by atoms with Crippen LogP contribution in [-0.2, 0) is 0 Å². The van der Waals surface area contributed by atoms with Gasteiger partial charge in [-0.1, -0.05) is 11.6 Å². The Morgan fingerprint density at radius 2 is 2.24 bits per heavy atom. The highest BCUT2D eigenvalue weighted by Gasteiger charge is 2.33. The van der Waals surface area contributed by atoms with Crippen LogP contribution in [0, 0.1) is 5.92 Å². The molecule has 1 aliphatic heterocycles. The number of aliphatic hydroxyl groups excluding tert-OH is 1. The topological polar surface area (TPSA) is 82.5 Å². The fourth-order valence-electron chi connectivity index (χ4n) is 2.93. The number of nitrogens with zero attached hydrogens (tertiary/aromatic N) is 2. The quantitative estimate of drug-likeness (QED) is 0.851. The standard InChI is InChI=1S/C17H18ClN3O3S/c18-15-4-3-14(25-15)17(24)21-7-5-13(12(9-21)10-22)20-16(23)11-2-1-6-19-8-11/h1-4,6,8,12-13,22H,5,7,9-10H2,(H,20,23)/t12-,13-/m1/s1. The van der Waals surface area contributed by atoms with Crippen molar-refractivity contribution in [2.24, 2.45) is 5.92 Å². The maximum absolute atomic E-state index is 12.5. The number of hydrogen-bond acceptors (Lipinski definition) is 5. The first-order valence-corrected chi connectivity index (χ1v) is 9.14. The third-order valence-corrected chi connectivity index (χ3v) is 5.50. The minimum absolute atomic E-state index is 0.0904. The maximum Gasteiger partial charge on any atom is 0.263 e. The van der Waals surface area contributed by atoms with Gasteiger partial charge in [-0.05, 0) is 30.7 Å². The van der Waals surface area contributed by atoms with E-state index in [1.165, 1.54) is 17.5 Å². The van der Waals surface area contributed by atoms with Gasteiger partial charge >= 0.3 is 0 Å². The summed E-state index contributed by atoms with van der Waals surface area (Å²) in [6.07, 6.45) is 3.69. The van der Waals surface area contributed by atoms with Crippen molar-refractivity contribution in [3.05, 3.63) is 51.4 Å². The van der Waals surface area contributed by atoms with Crippen LogP contribution in [0.2, 0.25) is 4.34 Å². The van der Waals surface area contributed by atoms with Crippen molar-refractivity contribution >= 4 is 34.8 Å². The maximum atomic E-state index is 12.5.